The second kappa shape index (κ2) is 4.78. The fraction of sp³-hybridized carbons (Fsp3) is 0.455. The van der Waals surface area contributed by atoms with Gasteiger partial charge in [0.05, 0.1) is 0 Å². The van der Waals surface area contributed by atoms with E-state index in [-0.39, 0.29) is 17.7 Å². The van der Waals surface area contributed by atoms with E-state index in [2.05, 4.69) is 0 Å². The minimum atomic E-state index is -4.26. The predicted octanol–water partition coefficient (Wildman–Crippen LogP) is 2.02. The maximum absolute atomic E-state index is 12.6. The molecule has 1 aromatic rings. The maximum atomic E-state index is 12.6. The van der Waals surface area contributed by atoms with Gasteiger partial charge in [-0.15, -0.1) is 0 Å². The molecule has 0 fully saturated rings. The Balaban J connectivity index is 3.40. The second-order valence-electron chi connectivity index (χ2n) is 4.30. The van der Waals surface area contributed by atoms with Crippen molar-refractivity contribution >= 4 is 21.4 Å². The fourth-order valence-corrected chi connectivity index (χ4v) is 7.65. The normalized spacial score (nSPS) is 15.0. The van der Waals surface area contributed by atoms with Crippen LogP contribution in [0.3, 0.4) is 0 Å². The van der Waals surface area contributed by atoms with Gasteiger partial charge in [-0.3, -0.25) is 0 Å². The summed E-state index contributed by atoms with van der Waals surface area (Å²) in [6.07, 6.45) is -4.21. The van der Waals surface area contributed by atoms with Gasteiger partial charge in [0.2, 0.25) is 0 Å². The van der Waals surface area contributed by atoms with Crippen LogP contribution < -0.4 is 5.73 Å². The summed E-state index contributed by atoms with van der Waals surface area (Å²) in [4.78, 5) is 10.7. The van der Waals surface area contributed by atoms with Crippen molar-refractivity contribution in [1.82, 2.24) is 0 Å². The van der Waals surface area contributed by atoms with Crippen LogP contribution in [0.5, 0.6) is 0 Å². The van der Waals surface area contributed by atoms with Gasteiger partial charge < -0.3 is 0 Å². The molecule has 0 aliphatic carbocycles. The molecule has 1 aromatic carbocycles. The zero-order chi connectivity index (χ0) is 14.1. The van der Waals surface area contributed by atoms with E-state index in [1.54, 1.807) is 13.8 Å². The van der Waals surface area contributed by atoms with E-state index in [1.807, 2.05) is 0 Å². The number of hydrogen-bond acceptors (Lipinski definition) is 5. The molecule has 0 spiro atoms. The second-order valence-corrected chi connectivity index (χ2v) is 13.9. The minimum absolute atomic E-state index is 0.0367. The van der Waals surface area contributed by atoms with E-state index >= 15 is 0 Å². The zero-order valence-electron chi connectivity index (χ0n) is 10.8. The van der Waals surface area contributed by atoms with Gasteiger partial charge in [0, 0.05) is 0 Å². The van der Waals surface area contributed by atoms with Crippen LogP contribution in [0.2, 0.25) is 0 Å². The van der Waals surface area contributed by atoms with Gasteiger partial charge >= 0.3 is 107 Å². The summed E-state index contributed by atoms with van der Waals surface area (Å²) in [6, 6.07) is 5.76. The van der Waals surface area contributed by atoms with Crippen molar-refractivity contribution in [3.8, 4) is 0 Å². The number of rotatable bonds is 5. The number of hydrogen-bond donors (Lipinski definition) is 2. The summed E-state index contributed by atoms with van der Waals surface area (Å²) < 4.78 is 30.4. The molecule has 0 aliphatic rings. The number of nitrogen functional groups attached to an aromatic ring is 1. The van der Waals surface area contributed by atoms with Crippen LogP contribution in [-0.2, 0) is 14.0 Å². The van der Waals surface area contributed by atoms with Crippen molar-refractivity contribution in [2.45, 2.75) is 18.7 Å². The molecule has 1 rings (SSSR count). The van der Waals surface area contributed by atoms with Crippen LogP contribution >= 0.6 is 6.26 Å². The number of benzene rings is 1. The third kappa shape index (κ3) is 2.38. The van der Waals surface area contributed by atoms with E-state index in [1.165, 1.54) is 30.9 Å². The van der Waals surface area contributed by atoms with E-state index in [0.29, 0.717) is 5.69 Å². The van der Waals surface area contributed by atoms with Crippen molar-refractivity contribution < 1.29 is 17.8 Å². The summed E-state index contributed by atoms with van der Waals surface area (Å²) in [6.45, 7) is 4.73. The van der Waals surface area contributed by atoms with Gasteiger partial charge in [0.15, 0.2) is 0 Å². The third-order valence-electron chi connectivity index (χ3n) is 2.97. The molecule has 3 N–H and O–H groups in total. The van der Waals surface area contributed by atoms with Crippen LogP contribution in [0, 0.1) is 0 Å². The van der Waals surface area contributed by atoms with Crippen molar-refractivity contribution in [3.63, 3.8) is 0 Å². The molecule has 0 saturated heterocycles. The molecule has 0 unspecified atom stereocenters. The van der Waals surface area contributed by atoms with Gasteiger partial charge in [0.1, 0.15) is 0 Å². The average molecular weight is 293 g/mol. The predicted molar refractivity (Wildman–Crippen MR) is 75.3 cm³/mol. The standard InChI is InChI=1S/C11H20NO4PS/c1-4-16-17(3,13,5-2)18(14,15)11-8-6-10(12)7-9-11/h6-9,13H,4-5,12H2,1-3H3. The quantitative estimate of drug-likeness (QED) is 0.640. The first-order valence-electron chi connectivity index (χ1n) is 5.68. The van der Waals surface area contributed by atoms with E-state index in [4.69, 9.17) is 10.3 Å². The SMILES string of the molecule is CCOP(C)(O)(CC)S(=O)(=O)c1ccc(N)cc1. The molecule has 0 bridgehead atoms. The Morgan fingerprint density at radius 3 is 2.17 bits per heavy atom. The van der Waals surface area contributed by atoms with Crippen molar-refractivity contribution in [2.24, 2.45) is 0 Å². The van der Waals surface area contributed by atoms with Gasteiger partial charge in [-0.25, -0.2) is 0 Å². The van der Waals surface area contributed by atoms with Gasteiger partial charge in [-0.05, 0) is 0 Å². The molecule has 7 heteroatoms. The molecule has 0 atom stereocenters. The van der Waals surface area contributed by atoms with Crippen molar-refractivity contribution in [1.29, 1.82) is 0 Å². The summed E-state index contributed by atoms with van der Waals surface area (Å²) in [5.74, 6) is 0. The Morgan fingerprint density at radius 1 is 1.28 bits per heavy atom. The molecule has 0 aromatic heterocycles. The molecule has 18 heavy (non-hydrogen) atoms. The Bertz CT molecular complexity index is 524. The monoisotopic (exact) mass is 293 g/mol. The topological polar surface area (TPSA) is 89.6 Å². The Morgan fingerprint density at radius 2 is 1.78 bits per heavy atom. The van der Waals surface area contributed by atoms with Crippen LogP contribution in [0.25, 0.3) is 0 Å². The molecular formula is C11H20NO4PS. The van der Waals surface area contributed by atoms with Gasteiger partial charge in [-0.1, -0.05) is 0 Å². The summed E-state index contributed by atoms with van der Waals surface area (Å²) >= 11 is 0. The third-order valence-corrected chi connectivity index (χ3v) is 12.8. The number of anilines is 1. The molecule has 0 radical (unpaired) electrons. The number of nitrogens with two attached hydrogens (primary N) is 1. The first-order valence-corrected chi connectivity index (χ1v) is 10.5. The Hall–Kier alpha value is -0.680. The van der Waals surface area contributed by atoms with Crippen LogP contribution in [0.15, 0.2) is 29.2 Å². The molecule has 0 amide bonds. The molecule has 0 aliphatic heterocycles. The van der Waals surface area contributed by atoms with Crippen molar-refractivity contribution in [3.05, 3.63) is 24.3 Å². The van der Waals surface area contributed by atoms with Crippen LogP contribution in [0.4, 0.5) is 5.69 Å². The Labute approximate surface area is 108 Å². The van der Waals surface area contributed by atoms with Crippen molar-refractivity contribution in [2.75, 3.05) is 25.2 Å². The van der Waals surface area contributed by atoms with E-state index in [9.17, 15) is 13.3 Å². The summed E-state index contributed by atoms with van der Waals surface area (Å²) in [5.41, 5.74) is 5.99. The first kappa shape index (κ1) is 15.4. The first-order chi connectivity index (χ1) is 8.16. The van der Waals surface area contributed by atoms with Crippen LogP contribution in [-0.4, -0.2) is 32.7 Å². The van der Waals surface area contributed by atoms with E-state index < -0.39 is 15.7 Å². The molecule has 104 valence electrons. The molecule has 0 heterocycles. The van der Waals surface area contributed by atoms with Gasteiger partial charge in [-0.2, -0.15) is 0 Å². The van der Waals surface area contributed by atoms with Crippen LogP contribution in [0.1, 0.15) is 13.8 Å². The average Bonchev–Trinajstić information content (AvgIpc) is 2.30. The molecule has 0 saturated carbocycles. The molecule has 5 nitrogen and oxygen atoms in total. The summed E-state index contributed by atoms with van der Waals surface area (Å²) in [5, 5.41) is 0. The fourth-order valence-electron chi connectivity index (χ4n) is 1.57. The molecular weight excluding hydrogens is 273 g/mol. The Kier molecular flexibility index (Phi) is 4.08. The zero-order valence-corrected chi connectivity index (χ0v) is 12.5. The van der Waals surface area contributed by atoms with Gasteiger partial charge in [0.25, 0.3) is 0 Å². The van der Waals surface area contributed by atoms with E-state index in [0.717, 1.165) is 0 Å². The summed E-state index contributed by atoms with van der Waals surface area (Å²) in [7, 11) is -3.92.